The number of guanidine groups is 1. The van der Waals surface area contributed by atoms with Crippen molar-refractivity contribution in [2.75, 3.05) is 42.3 Å². The Morgan fingerprint density at radius 1 is 0.731 bits per heavy atom. The summed E-state index contributed by atoms with van der Waals surface area (Å²) < 4.78 is 0. The van der Waals surface area contributed by atoms with Crippen LogP contribution in [0.3, 0.4) is 0 Å². The van der Waals surface area contributed by atoms with E-state index in [1.807, 2.05) is 58.2 Å². The quantitative estimate of drug-likeness (QED) is 0.613. The highest BCUT2D eigenvalue weighted by atomic mass is 15.3. The first-order valence-corrected chi connectivity index (χ1v) is 8.93. The van der Waals surface area contributed by atoms with Crippen molar-refractivity contribution in [2.24, 2.45) is 15.9 Å². The minimum absolute atomic E-state index is 0.343. The first kappa shape index (κ1) is 19.8. The molecule has 2 rings (SSSR count). The van der Waals surface area contributed by atoms with Crippen molar-refractivity contribution < 1.29 is 0 Å². The van der Waals surface area contributed by atoms with Crippen molar-refractivity contribution in [1.29, 1.82) is 0 Å². The monoisotopic (exact) mass is 353 g/mol. The fourth-order valence-corrected chi connectivity index (χ4v) is 3.06. The van der Waals surface area contributed by atoms with Gasteiger partial charge in [-0.05, 0) is 17.5 Å². The summed E-state index contributed by atoms with van der Waals surface area (Å²) in [4.78, 5) is 16.0. The van der Waals surface area contributed by atoms with Gasteiger partial charge in [0, 0.05) is 53.6 Å². The highest BCUT2D eigenvalue weighted by Gasteiger charge is 2.12. The van der Waals surface area contributed by atoms with Crippen LogP contribution in [0.25, 0.3) is 10.8 Å². The number of nitrogens with zero attached hydrogens (tertiary/aromatic N) is 5. The van der Waals surface area contributed by atoms with Gasteiger partial charge in [-0.25, -0.2) is 9.98 Å². The molecule has 0 bridgehead atoms. The van der Waals surface area contributed by atoms with Crippen LogP contribution in [-0.4, -0.2) is 68.8 Å². The number of hydrogen-bond donors (Lipinski definition) is 0. The molecule has 0 atom stereocenters. The van der Waals surface area contributed by atoms with Crippen LogP contribution in [0, 0.1) is 5.92 Å². The summed E-state index contributed by atoms with van der Waals surface area (Å²) >= 11 is 0. The van der Waals surface area contributed by atoms with Gasteiger partial charge >= 0.3 is 0 Å². The van der Waals surface area contributed by atoms with Crippen LogP contribution in [0.4, 0.5) is 11.4 Å². The Kier molecular flexibility index (Phi) is 6.24. The largest absolute Gasteiger partial charge is 0.366 e. The fourth-order valence-electron chi connectivity index (χ4n) is 3.06. The first-order chi connectivity index (χ1) is 12.2. The van der Waals surface area contributed by atoms with Crippen molar-refractivity contribution in [3.8, 4) is 0 Å². The second-order valence-electron chi connectivity index (χ2n) is 7.37. The number of benzene rings is 2. The summed E-state index contributed by atoms with van der Waals surface area (Å²) in [5, 5.41) is 2.22. The number of fused-ring (bicyclic) bond motifs is 1. The number of amidine groups is 1. The minimum atomic E-state index is 0.343. The van der Waals surface area contributed by atoms with Gasteiger partial charge in [-0.2, -0.15) is 0 Å². The predicted molar refractivity (Wildman–Crippen MR) is 114 cm³/mol. The number of aliphatic imine (C=N–C) groups is 2. The molecule has 140 valence electrons. The zero-order valence-electron chi connectivity index (χ0n) is 17.3. The molecule has 0 aliphatic heterocycles. The summed E-state index contributed by atoms with van der Waals surface area (Å²) in [5.74, 6) is 2.29. The third-order valence-electron chi connectivity index (χ3n) is 4.09. The lowest BCUT2D eigenvalue weighted by Gasteiger charge is -2.23. The summed E-state index contributed by atoms with van der Waals surface area (Å²) in [5.41, 5.74) is 1.89. The molecule has 0 saturated heterocycles. The molecule has 0 saturated carbocycles. The van der Waals surface area contributed by atoms with Gasteiger partial charge in [0.2, 0.25) is 5.96 Å². The topological polar surface area (TPSA) is 34.4 Å². The van der Waals surface area contributed by atoms with E-state index in [0.29, 0.717) is 5.92 Å². The Morgan fingerprint density at radius 3 is 1.65 bits per heavy atom. The van der Waals surface area contributed by atoms with Crippen LogP contribution in [0.15, 0.2) is 46.4 Å². The van der Waals surface area contributed by atoms with Gasteiger partial charge in [-0.15, -0.1) is 0 Å². The van der Waals surface area contributed by atoms with Crippen molar-refractivity contribution in [3.05, 3.63) is 36.4 Å². The zero-order valence-corrected chi connectivity index (χ0v) is 17.3. The van der Waals surface area contributed by atoms with Crippen LogP contribution in [0.5, 0.6) is 0 Å². The van der Waals surface area contributed by atoms with Crippen LogP contribution < -0.4 is 0 Å². The Balaban J connectivity index is 2.75. The Bertz CT molecular complexity index is 732. The van der Waals surface area contributed by atoms with Crippen molar-refractivity contribution >= 4 is 33.9 Å². The average molecular weight is 354 g/mol. The van der Waals surface area contributed by atoms with E-state index in [0.717, 1.165) is 33.9 Å². The van der Waals surface area contributed by atoms with Gasteiger partial charge in [-0.3, -0.25) is 0 Å². The van der Waals surface area contributed by atoms with E-state index < -0.39 is 0 Å². The molecule has 0 N–H and O–H groups in total. The molecular weight excluding hydrogens is 322 g/mol. The van der Waals surface area contributed by atoms with Gasteiger partial charge in [0.25, 0.3) is 0 Å². The fraction of sp³-hybridized carbons (Fsp3) is 0.429. The van der Waals surface area contributed by atoms with Gasteiger partial charge in [-0.1, -0.05) is 38.1 Å². The standard InChI is InChI=1S/C21H31N5/c1-15(2)20(24(3)4)22-17-13-9-11-16-12-10-14-18(19(16)17)23-21(25(5)6)26(7)8/h9-15H,1-8H3. The molecule has 0 amide bonds. The Labute approximate surface area is 157 Å². The first-order valence-electron chi connectivity index (χ1n) is 8.93. The van der Waals surface area contributed by atoms with Gasteiger partial charge in [0.05, 0.1) is 11.4 Å². The van der Waals surface area contributed by atoms with Crippen LogP contribution >= 0.6 is 0 Å². The molecule has 2 aromatic rings. The highest BCUT2D eigenvalue weighted by Crippen LogP contribution is 2.35. The van der Waals surface area contributed by atoms with Crippen molar-refractivity contribution in [2.45, 2.75) is 13.8 Å². The molecule has 5 nitrogen and oxygen atoms in total. The summed E-state index contributed by atoms with van der Waals surface area (Å²) in [7, 11) is 12.1. The molecule has 0 heterocycles. The molecule has 0 aliphatic rings. The molecular formula is C21H31N5. The third-order valence-corrected chi connectivity index (χ3v) is 4.09. The smallest absolute Gasteiger partial charge is 0.200 e. The summed E-state index contributed by atoms with van der Waals surface area (Å²) in [6.07, 6.45) is 0. The SMILES string of the molecule is CC(C)C(=Nc1cccc2cccc(N=C(N(C)C)N(C)C)c12)N(C)C. The van der Waals surface area contributed by atoms with Gasteiger partial charge < -0.3 is 14.7 Å². The Hall–Kier alpha value is -2.56. The normalized spacial score (nSPS) is 11.7. The van der Waals surface area contributed by atoms with Crippen molar-refractivity contribution in [1.82, 2.24) is 14.7 Å². The van der Waals surface area contributed by atoms with E-state index in [1.54, 1.807) is 0 Å². The van der Waals surface area contributed by atoms with E-state index in [-0.39, 0.29) is 0 Å². The molecule has 0 aromatic heterocycles. The maximum atomic E-state index is 4.99. The highest BCUT2D eigenvalue weighted by molar-refractivity contribution is 6.04. The molecule has 0 unspecified atom stereocenters. The lowest BCUT2D eigenvalue weighted by atomic mass is 10.1. The molecule has 0 fully saturated rings. The second-order valence-corrected chi connectivity index (χ2v) is 7.37. The van der Waals surface area contributed by atoms with Crippen LogP contribution in [-0.2, 0) is 0 Å². The second kappa shape index (κ2) is 8.21. The lowest BCUT2D eigenvalue weighted by molar-refractivity contribution is 0.484. The maximum Gasteiger partial charge on any atom is 0.200 e. The van der Waals surface area contributed by atoms with E-state index in [9.17, 15) is 0 Å². The van der Waals surface area contributed by atoms with Crippen LogP contribution in [0.2, 0.25) is 0 Å². The van der Waals surface area contributed by atoms with Gasteiger partial charge in [0.15, 0.2) is 0 Å². The zero-order chi connectivity index (χ0) is 19.4. The van der Waals surface area contributed by atoms with E-state index in [4.69, 9.17) is 9.98 Å². The Morgan fingerprint density at radius 2 is 1.23 bits per heavy atom. The van der Waals surface area contributed by atoms with E-state index in [2.05, 4.69) is 49.1 Å². The number of hydrogen-bond acceptors (Lipinski definition) is 2. The van der Waals surface area contributed by atoms with Crippen molar-refractivity contribution in [3.63, 3.8) is 0 Å². The minimum Gasteiger partial charge on any atom is -0.366 e. The average Bonchev–Trinajstić information content (AvgIpc) is 2.56. The maximum absolute atomic E-state index is 4.99. The summed E-state index contributed by atoms with van der Waals surface area (Å²) in [6, 6.07) is 12.5. The lowest BCUT2D eigenvalue weighted by Crippen LogP contribution is -2.35. The molecule has 5 heteroatoms. The molecule has 2 aromatic carbocycles. The number of rotatable bonds is 3. The molecule has 0 aliphatic carbocycles. The summed E-state index contributed by atoms with van der Waals surface area (Å²) in [6.45, 7) is 4.33. The van der Waals surface area contributed by atoms with Gasteiger partial charge in [0.1, 0.15) is 5.84 Å². The molecule has 0 radical (unpaired) electrons. The third kappa shape index (κ3) is 4.34. The molecule has 0 spiro atoms. The van der Waals surface area contributed by atoms with E-state index in [1.165, 1.54) is 0 Å². The molecule has 26 heavy (non-hydrogen) atoms. The predicted octanol–water partition coefficient (Wildman–Crippen LogP) is 4.20. The van der Waals surface area contributed by atoms with E-state index >= 15 is 0 Å². The van der Waals surface area contributed by atoms with Crippen LogP contribution in [0.1, 0.15) is 13.8 Å².